The van der Waals surface area contributed by atoms with Crippen LogP contribution in [-0.4, -0.2) is 43.6 Å². The number of nitrogens with zero attached hydrogens (tertiary/aromatic N) is 1. The summed E-state index contributed by atoms with van der Waals surface area (Å²) in [6.07, 6.45) is 0.580. The van der Waals surface area contributed by atoms with Crippen molar-refractivity contribution in [2.75, 3.05) is 32.2 Å². The minimum absolute atomic E-state index is 0.0274. The molecule has 0 saturated carbocycles. The van der Waals surface area contributed by atoms with Crippen LogP contribution in [0.2, 0.25) is 0 Å². The van der Waals surface area contributed by atoms with Crippen LogP contribution in [0.4, 0.5) is 5.69 Å². The first kappa shape index (κ1) is 25.5. The van der Waals surface area contributed by atoms with Crippen molar-refractivity contribution in [3.8, 4) is 5.75 Å². The quantitative estimate of drug-likeness (QED) is 0.384. The van der Waals surface area contributed by atoms with Gasteiger partial charge in [-0.25, -0.2) is 0 Å². The molecule has 1 aliphatic rings. The Balaban J connectivity index is 1.92. The van der Waals surface area contributed by atoms with Gasteiger partial charge < -0.3 is 14.8 Å². The molecular formula is C28H36N2O4. The van der Waals surface area contributed by atoms with Crippen molar-refractivity contribution < 1.29 is 19.1 Å². The molecule has 1 heterocycles. The van der Waals surface area contributed by atoms with Crippen LogP contribution in [-0.2, 0) is 19.7 Å². The average molecular weight is 465 g/mol. The first-order valence-corrected chi connectivity index (χ1v) is 11.8. The number of methoxy groups -OCH3 is 1. The summed E-state index contributed by atoms with van der Waals surface area (Å²) in [4.78, 5) is 27.9. The Kier molecular flexibility index (Phi) is 8.15. The number of carbonyl (C=O) groups excluding carboxylic acids is 2. The summed E-state index contributed by atoms with van der Waals surface area (Å²) in [7, 11) is 1.61. The molecule has 6 nitrogen and oxygen atoms in total. The smallest absolute Gasteiger partial charge is 0.278 e. The monoisotopic (exact) mass is 464 g/mol. The minimum atomic E-state index is -0.323. The number of amides is 2. The maximum Gasteiger partial charge on any atom is 0.278 e. The van der Waals surface area contributed by atoms with Gasteiger partial charge in [-0.2, -0.15) is 0 Å². The summed E-state index contributed by atoms with van der Waals surface area (Å²) in [5, 5.41) is 3.23. The van der Waals surface area contributed by atoms with E-state index in [4.69, 9.17) is 9.47 Å². The van der Waals surface area contributed by atoms with E-state index in [0.717, 1.165) is 11.4 Å². The number of hydrogen-bond acceptors (Lipinski definition) is 5. The molecule has 0 spiro atoms. The van der Waals surface area contributed by atoms with Gasteiger partial charge in [0, 0.05) is 25.9 Å². The normalized spacial score (nSPS) is 14.4. The molecule has 0 fully saturated rings. The molecule has 0 bridgehead atoms. The molecule has 0 saturated heterocycles. The lowest BCUT2D eigenvalue weighted by Gasteiger charge is -2.19. The van der Waals surface area contributed by atoms with E-state index >= 15 is 0 Å². The van der Waals surface area contributed by atoms with Crippen molar-refractivity contribution in [2.24, 2.45) is 5.92 Å². The topological polar surface area (TPSA) is 67.9 Å². The van der Waals surface area contributed by atoms with Crippen molar-refractivity contribution in [3.05, 3.63) is 65.4 Å². The van der Waals surface area contributed by atoms with Crippen LogP contribution < -0.4 is 10.1 Å². The molecule has 2 aromatic carbocycles. The van der Waals surface area contributed by atoms with Crippen LogP contribution in [0.5, 0.6) is 5.75 Å². The highest BCUT2D eigenvalue weighted by Crippen LogP contribution is 2.32. The lowest BCUT2D eigenvalue weighted by molar-refractivity contribution is -0.137. The van der Waals surface area contributed by atoms with Crippen LogP contribution in [0.25, 0.3) is 5.57 Å². The van der Waals surface area contributed by atoms with Gasteiger partial charge in [-0.3, -0.25) is 14.5 Å². The maximum atomic E-state index is 13.3. The largest absolute Gasteiger partial charge is 0.493 e. The minimum Gasteiger partial charge on any atom is -0.493 e. The molecule has 2 aromatic rings. The average Bonchev–Trinajstić information content (AvgIpc) is 3.02. The maximum absolute atomic E-state index is 13.3. The van der Waals surface area contributed by atoms with E-state index in [9.17, 15) is 9.59 Å². The Bertz CT molecular complexity index is 1030. The van der Waals surface area contributed by atoms with Crippen LogP contribution in [0, 0.1) is 5.92 Å². The van der Waals surface area contributed by atoms with E-state index in [-0.39, 0.29) is 17.2 Å². The third-order valence-electron chi connectivity index (χ3n) is 5.64. The van der Waals surface area contributed by atoms with E-state index in [1.165, 1.54) is 10.5 Å². The third-order valence-corrected chi connectivity index (χ3v) is 5.64. The number of nitrogens with one attached hydrogen (secondary N) is 1. The number of carbonyl (C=O) groups is 2. The molecule has 0 atom stereocenters. The number of ether oxygens (including phenoxy) is 2. The molecule has 182 valence electrons. The fraction of sp³-hybridized carbons (Fsp3) is 0.429. The molecule has 0 aromatic heterocycles. The molecule has 0 aliphatic carbocycles. The van der Waals surface area contributed by atoms with Crippen LogP contribution in [0.3, 0.4) is 0 Å². The van der Waals surface area contributed by atoms with Crippen molar-refractivity contribution in [3.63, 3.8) is 0 Å². The fourth-order valence-electron chi connectivity index (χ4n) is 3.71. The Hall–Kier alpha value is -3.12. The number of benzene rings is 2. The highest BCUT2D eigenvalue weighted by Gasteiger charge is 2.38. The van der Waals surface area contributed by atoms with E-state index < -0.39 is 0 Å². The number of anilines is 1. The van der Waals surface area contributed by atoms with Crippen molar-refractivity contribution in [1.29, 1.82) is 0 Å². The van der Waals surface area contributed by atoms with Crippen molar-refractivity contribution in [1.82, 2.24) is 4.90 Å². The molecular weight excluding hydrogens is 428 g/mol. The molecule has 6 heteroatoms. The SMILES string of the molecule is COCCCN1C(=O)C(Nc2ccc(C(C)(C)C)cc2)=C(c2ccc(OCC(C)C)cc2)C1=O. The predicted octanol–water partition coefficient (Wildman–Crippen LogP) is 5.25. The first-order chi connectivity index (χ1) is 16.1. The van der Waals surface area contributed by atoms with E-state index in [0.29, 0.717) is 48.9 Å². The van der Waals surface area contributed by atoms with Crippen molar-refractivity contribution >= 4 is 23.1 Å². The van der Waals surface area contributed by atoms with Gasteiger partial charge in [0.2, 0.25) is 0 Å². The summed E-state index contributed by atoms with van der Waals surface area (Å²) >= 11 is 0. The van der Waals surface area contributed by atoms with Gasteiger partial charge in [-0.1, -0.05) is 58.9 Å². The molecule has 0 radical (unpaired) electrons. The molecule has 1 aliphatic heterocycles. The van der Waals surface area contributed by atoms with Gasteiger partial charge in [-0.15, -0.1) is 0 Å². The summed E-state index contributed by atoms with van der Waals surface area (Å²) < 4.78 is 10.9. The first-order valence-electron chi connectivity index (χ1n) is 11.8. The second-order valence-electron chi connectivity index (χ2n) is 10.0. The summed E-state index contributed by atoms with van der Waals surface area (Å²) in [5.41, 5.74) is 3.33. The van der Waals surface area contributed by atoms with Gasteiger partial charge in [-0.05, 0) is 53.1 Å². The highest BCUT2D eigenvalue weighted by atomic mass is 16.5. The van der Waals surface area contributed by atoms with Gasteiger partial charge in [0.15, 0.2) is 0 Å². The molecule has 3 rings (SSSR count). The van der Waals surface area contributed by atoms with Crippen LogP contribution in [0.15, 0.2) is 54.2 Å². The van der Waals surface area contributed by atoms with Gasteiger partial charge in [0.05, 0.1) is 12.2 Å². The summed E-state index contributed by atoms with van der Waals surface area (Å²) in [5.74, 6) is 0.526. The van der Waals surface area contributed by atoms with Gasteiger partial charge in [0.25, 0.3) is 11.8 Å². The number of rotatable bonds is 10. The Morgan fingerprint density at radius 1 is 0.941 bits per heavy atom. The third kappa shape index (κ3) is 6.06. The Morgan fingerprint density at radius 2 is 1.59 bits per heavy atom. The number of imide groups is 1. The Morgan fingerprint density at radius 3 is 2.15 bits per heavy atom. The van der Waals surface area contributed by atoms with E-state index in [1.807, 2.05) is 48.5 Å². The molecule has 0 unspecified atom stereocenters. The predicted molar refractivity (Wildman–Crippen MR) is 136 cm³/mol. The molecule has 1 N–H and O–H groups in total. The Labute approximate surface area is 202 Å². The van der Waals surface area contributed by atoms with Crippen LogP contribution >= 0.6 is 0 Å². The fourth-order valence-corrected chi connectivity index (χ4v) is 3.71. The van der Waals surface area contributed by atoms with Gasteiger partial charge >= 0.3 is 0 Å². The van der Waals surface area contributed by atoms with E-state index in [1.54, 1.807) is 7.11 Å². The summed E-state index contributed by atoms with van der Waals surface area (Å²) in [6, 6.07) is 15.3. The van der Waals surface area contributed by atoms with Gasteiger partial charge in [0.1, 0.15) is 11.4 Å². The standard InChI is InChI=1S/C28H36N2O4/c1-19(2)18-34-23-14-8-20(9-15-23)24-25(27(32)30(26(24)31)16-7-17-33-6)29-22-12-10-21(11-13-22)28(3,4)5/h8-15,19,29H,7,16-18H2,1-6H3. The van der Waals surface area contributed by atoms with E-state index in [2.05, 4.69) is 39.9 Å². The molecule has 34 heavy (non-hydrogen) atoms. The zero-order chi connectivity index (χ0) is 24.9. The zero-order valence-electron chi connectivity index (χ0n) is 21.1. The molecule has 2 amide bonds. The second-order valence-corrected chi connectivity index (χ2v) is 10.0. The lowest BCUT2D eigenvalue weighted by Crippen LogP contribution is -2.33. The number of hydrogen-bond donors (Lipinski definition) is 1. The zero-order valence-corrected chi connectivity index (χ0v) is 21.1. The van der Waals surface area contributed by atoms with Crippen molar-refractivity contribution in [2.45, 2.75) is 46.5 Å². The second kappa shape index (κ2) is 10.9. The van der Waals surface area contributed by atoms with Crippen LogP contribution in [0.1, 0.15) is 52.2 Å². The highest BCUT2D eigenvalue weighted by molar-refractivity contribution is 6.36. The lowest BCUT2D eigenvalue weighted by atomic mass is 9.87. The summed E-state index contributed by atoms with van der Waals surface area (Å²) in [6.45, 7) is 12.0.